The van der Waals surface area contributed by atoms with E-state index >= 15 is 0 Å². The van der Waals surface area contributed by atoms with Crippen molar-refractivity contribution < 1.29 is 117 Å². The lowest BCUT2D eigenvalue weighted by Gasteiger charge is -2.27. The molecule has 0 aromatic heterocycles. The average molecular weight is 1300 g/mol. The quantitative estimate of drug-likeness (QED) is 0.00726. The zero-order valence-corrected chi connectivity index (χ0v) is 48.5. The Hall–Kier alpha value is -8.76. The number of esters is 4. The summed E-state index contributed by atoms with van der Waals surface area (Å²) >= 11 is 0. The summed E-state index contributed by atoms with van der Waals surface area (Å²) in [6, 6.07) is 18.1. The molecule has 0 aliphatic rings. The molecule has 89 heavy (non-hydrogen) atoms. The minimum absolute atomic E-state index is 0.00741. The van der Waals surface area contributed by atoms with Crippen molar-refractivity contribution in [1.82, 2.24) is 18.1 Å². The lowest BCUT2D eigenvalue weighted by atomic mass is 10.2. The number of nitrogens with one attached hydrogen (secondary N) is 2. The van der Waals surface area contributed by atoms with Gasteiger partial charge in [0, 0.05) is 26.2 Å². The van der Waals surface area contributed by atoms with E-state index in [2.05, 4.69) is 24.2 Å². The number of nitrogens with zero attached hydrogens (tertiary/aromatic N) is 4. The number of benzene rings is 4. The van der Waals surface area contributed by atoms with Gasteiger partial charge in [-0.2, -0.15) is 48.1 Å². The van der Waals surface area contributed by atoms with Crippen LogP contribution in [-0.4, -0.2) is 192 Å². The van der Waals surface area contributed by atoms with Crippen LogP contribution in [0, 0.1) is 0 Å². The van der Waals surface area contributed by atoms with E-state index in [4.69, 9.17) is 56.1 Å². The van der Waals surface area contributed by atoms with E-state index in [1.54, 1.807) is 0 Å². The zero-order valence-electron chi connectivity index (χ0n) is 46.9. The van der Waals surface area contributed by atoms with Crippen LogP contribution in [0.25, 0.3) is 0 Å². The second-order valence-electron chi connectivity index (χ2n) is 17.9. The Bertz CT molecular complexity index is 3300. The molecular formula is C52H63F3N10O22S2. The number of hydrogen-bond donors (Lipinski definition) is 9. The molecule has 486 valence electrons. The number of aliphatic imine (C=N–C) groups is 2. The van der Waals surface area contributed by atoms with Gasteiger partial charge in [-0.1, -0.05) is 24.3 Å². The van der Waals surface area contributed by atoms with Crippen molar-refractivity contribution in [3.05, 3.63) is 119 Å². The first-order valence-electron chi connectivity index (χ1n) is 26.0. The minimum atomic E-state index is -5.64. The van der Waals surface area contributed by atoms with Crippen LogP contribution < -0.4 is 41.9 Å². The fourth-order valence-corrected chi connectivity index (χ4v) is 9.83. The SMILES string of the molecule is NC(N)=Nc1ccc(C(=O)Oc2ccc(CNS(=O)(=O)N(CCOCCOCCOCCOCCOCCN([C@@H](CC(=O)OC(=O)C(F)(F)F)C(=O)O)S(=O)(=O)NCc3ccc(OC(=O)c4ccc(N=C(N)N)cc4)cc3)[C@@H](CC(=O)O)C(=O)O)cc2)cc1. The topological polar surface area (TPSA) is 482 Å². The maximum atomic E-state index is 13.6. The molecule has 0 saturated heterocycles. The number of carboxylic acids is 3. The van der Waals surface area contributed by atoms with Crippen molar-refractivity contribution in [3.8, 4) is 11.5 Å². The molecule has 0 bridgehead atoms. The summed E-state index contributed by atoms with van der Waals surface area (Å²) in [5, 5.41) is 29.1. The largest absolute Gasteiger partial charge is 0.491 e. The number of hydrogen-bond acceptors (Lipinski definition) is 21. The maximum Gasteiger partial charge on any atom is 0.491 e. The first kappa shape index (κ1) is 72.7. The van der Waals surface area contributed by atoms with Gasteiger partial charge in [0.1, 0.15) is 23.6 Å². The number of alkyl halides is 3. The minimum Gasteiger partial charge on any atom is -0.481 e. The van der Waals surface area contributed by atoms with Crippen LogP contribution in [0.4, 0.5) is 24.5 Å². The summed E-state index contributed by atoms with van der Waals surface area (Å²) in [6.07, 6.45) is -8.25. The van der Waals surface area contributed by atoms with Gasteiger partial charge in [-0.15, -0.1) is 0 Å². The molecule has 0 aliphatic heterocycles. The first-order chi connectivity index (χ1) is 42.0. The molecule has 0 saturated carbocycles. The molecule has 37 heteroatoms. The fraction of sp³-hybridized carbons (Fsp3) is 0.365. The monoisotopic (exact) mass is 1300 g/mol. The molecular weight excluding hydrogens is 1240 g/mol. The van der Waals surface area contributed by atoms with E-state index in [0.717, 1.165) is 0 Å². The molecule has 4 aromatic rings. The van der Waals surface area contributed by atoms with E-state index in [9.17, 15) is 78.9 Å². The number of nitrogens with two attached hydrogens (primary N) is 4. The van der Waals surface area contributed by atoms with Gasteiger partial charge in [-0.3, -0.25) is 19.2 Å². The second kappa shape index (κ2) is 35.9. The summed E-state index contributed by atoms with van der Waals surface area (Å²) in [7, 11) is -9.61. The van der Waals surface area contributed by atoms with Gasteiger partial charge in [0.25, 0.3) is 20.4 Å². The molecule has 32 nitrogen and oxygen atoms in total. The highest BCUT2D eigenvalue weighted by molar-refractivity contribution is 7.87. The third-order valence-corrected chi connectivity index (χ3v) is 14.5. The van der Waals surface area contributed by atoms with Gasteiger partial charge in [0.2, 0.25) is 0 Å². The predicted octanol–water partition coefficient (Wildman–Crippen LogP) is 0.394. The number of carbonyl (C=O) groups excluding carboxylic acids is 4. The molecule has 0 aliphatic carbocycles. The molecule has 0 spiro atoms. The molecule has 0 heterocycles. The van der Waals surface area contributed by atoms with Crippen LogP contribution in [-0.2, 0) is 85.9 Å². The Morgan fingerprint density at radius 2 is 0.820 bits per heavy atom. The van der Waals surface area contributed by atoms with E-state index in [0.29, 0.717) is 21.2 Å². The summed E-state index contributed by atoms with van der Waals surface area (Å²) < 4.78 is 139. The molecule has 4 rings (SSSR count). The van der Waals surface area contributed by atoms with Gasteiger partial charge < -0.3 is 76.1 Å². The van der Waals surface area contributed by atoms with Crippen molar-refractivity contribution in [2.24, 2.45) is 32.9 Å². The number of aliphatic carboxylic acids is 3. The number of carbonyl (C=O) groups is 7. The van der Waals surface area contributed by atoms with Crippen molar-refractivity contribution >= 4 is 85.5 Å². The number of rotatable bonds is 40. The van der Waals surface area contributed by atoms with Gasteiger partial charge >= 0.3 is 48.0 Å². The third-order valence-electron chi connectivity index (χ3n) is 11.4. The smallest absolute Gasteiger partial charge is 0.481 e. The zero-order chi connectivity index (χ0) is 65.7. The Morgan fingerprint density at radius 1 is 0.494 bits per heavy atom. The predicted molar refractivity (Wildman–Crippen MR) is 303 cm³/mol. The van der Waals surface area contributed by atoms with Crippen LogP contribution >= 0.6 is 0 Å². The lowest BCUT2D eigenvalue weighted by Crippen LogP contribution is -2.52. The van der Waals surface area contributed by atoms with Gasteiger partial charge in [0.15, 0.2) is 11.9 Å². The van der Waals surface area contributed by atoms with Crippen molar-refractivity contribution in [2.45, 2.75) is 44.2 Å². The average Bonchev–Trinajstić information content (AvgIpc) is 3.24. The number of guanidine groups is 2. The van der Waals surface area contributed by atoms with Gasteiger partial charge in [-0.05, 0) is 83.9 Å². The highest BCUT2D eigenvalue weighted by Crippen LogP contribution is 2.22. The van der Waals surface area contributed by atoms with Crippen molar-refractivity contribution in [3.63, 3.8) is 0 Å². The Kier molecular flexibility index (Phi) is 29.3. The second-order valence-corrected chi connectivity index (χ2v) is 21.4. The molecule has 0 fully saturated rings. The molecule has 0 amide bonds. The third kappa shape index (κ3) is 26.6. The summed E-state index contributed by atoms with van der Waals surface area (Å²) in [4.78, 5) is 92.4. The van der Waals surface area contributed by atoms with Crippen LogP contribution in [0.2, 0.25) is 0 Å². The summed E-state index contributed by atoms with van der Waals surface area (Å²) in [6.45, 7) is -3.53. The Morgan fingerprint density at radius 3 is 1.12 bits per heavy atom. The number of halogens is 3. The lowest BCUT2D eigenvalue weighted by molar-refractivity contribution is -0.202. The highest BCUT2D eigenvalue weighted by atomic mass is 32.2. The van der Waals surface area contributed by atoms with Crippen molar-refractivity contribution in [1.29, 1.82) is 0 Å². The standard InChI is InChI=1S/C52H63F3N10O22S2/c53-52(54,55)49(75)87-44(68)30-42(46(71)72)65(89(78,79)61-32-34-3-15-40(16-4-34)86-48(74)36-7-11-38(12-8-36)63-51(58)59)18-20-81-22-24-83-26-28-84-27-25-82-23-21-80-19-17-64(41(45(69)70)29-43(66)67)88(76,77)60-31-33-1-13-39(14-2-33)85-47(73)35-5-9-37(10-6-35)62-50(56)57/h1-16,41-42,60-61H,17-32H2,(H,66,67)(H,69,70)(H,71,72)(H4,56,57,62)(H4,58,59,63)/t41-,42-/m0/s1. The maximum absolute atomic E-state index is 13.6. The van der Waals surface area contributed by atoms with Crippen LogP contribution in [0.3, 0.4) is 0 Å². The van der Waals surface area contributed by atoms with E-state index in [-0.39, 0.29) is 110 Å². The van der Waals surface area contributed by atoms with Gasteiger partial charge in [0.05, 0.1) is 101 Å². The molecule has 13 N–H and O–H groups in total. The molecule has 0 unspecified atom stereocenters. The van der Waals surface area contributed by atoms with Crippen molar-refractivity contribution in [2.75, 3.05) is 79.2 Å². The normalized spacial score (nSPS) is 12.4. The summed E-state index contributed by atoms with van der Waals surface area (Å²) in [5.74, 6) is -12.0. The first-order valence-corrected chi connectivity index (χ1v) is 28.8. The fourth-order valence-electron chi connectivity index (χ4n) is 7.17. The van der Waals surface area contributed by atoms with Gasteiger partial charge in [-0.25, -0.2) is 24.4 Å². The van der Waals surface area contributed by atoms with E-state index < -0.39 is 120 Å². The summed E-state index contributed by atoms with van der Waals surface area (Å²) in [5.41, 5.74) is 23.1. The van der Waals surface area contributed by atoms with Crippen LogP contribution in [0.15, 0.2) is 107 Å². The Labute approximate surface area is 505 Å². The molecule has 2 atom stereocenters. The van der Waals surface area contributed by atoms with E-state index in [1.165, 1.54) is 97.1 Å². The number of carboxylic acid groups (broad SMARTS) is 3. The number of ether oxygens (including phenoxy) is 8. The molecule has 0 radical (unpaired) electrons. The van der Waals surface area contributed by atoms with Crippen LogP contribution in [0.5, 0.6) is 11.5 Å². The van der Waals surface area contributed by atoms with Crippen LogP contribution in [0.1, 0.15) is 44.7 Å². The highest BCUT2D eigenvalue weighted by Gasteiger charge is 2.44. The molecule has 4 aromatic carbocycles. The Balaban J connectivity index is 1.17. The van der Waals surface area contributed by atoms with E-state index in [1.807, 2.05) is 0 Å².